The van der Waals surface area contributed by atoms with E-state index in [9.17, 15) is 18.8 Å². The van der Waals surface area contributed by atoms with Gasteiger partial charge in [0.05, 0.1) is 76.8 Å². The third kappa shape index (κ3) is 18.2. The van der Waals surface area contributed by atoms with Crippen molar-refractivity contribution < 1.29 is 52.0 Å². The lowest BCUT2D eigenvalue weighted by molar-refractivity contribution is -0.138. The summed E-state index contributed by atoms with van der Waals surface area (Å²) in [5.74, 6) is -1.04. The highest BCUT2D eigenvalue weighted by Crippen LogP contribution is 2.40. The maximum atomic E-state index is 15.1. The van der Waals surface area contributed by atoms with E-state index in [1.807, 2.05) is 55.7 Å². The zero-order valence-corrected chi connectivity index (χ0v) is 35.4. The molecule has 13 nitrogen and oxygen atoms in total. The zero-order valence-electron chi connectivity index (χ0n) is 34.6. The number of carbonyl (C=O) groups is 3. The molecule has 2 amide bonds. The Balaban J connectivity index is 1.69. The Hall–Kier alpha value is -4.09. The number of ether oxygens (including phenoxy) is 5. The van der Waals surface area contributed by atoms with Gasteiger partial charge in [0.1, 0.15) is 23.1 Å². The third-order valence-electron chi connectivity index (χ3n) is 8.32. The van der Waals surface area contributed by atoms with Gasteiger partial charge in [-0.25, -0.2) is 18.6 Å². The predicted molar refractivity (Wildman–Crippen MR) is 219 cm³/mol. The first kappa shape index (κ1) is 48.3. The molecule has 0 aliphatic rings. The number of imidazole rings is 1. The van der Waals surface area contributed by atoms with Crippen LogP contribution < -0.4 is 5.32 Å². The Kier molecular flexibility index (Phi) is 20.6. The van der Waals surface area contributed by atoms with Crippen LogP contribution in [-0.4, -0.2) is 121 Å². The Morgan fingerprint density at radius 1 is 0.879 bits per heavy atom. The van der Waals surface area contributed by atoms with E-state index < -0.39 is 40.8 Å². The standard InChI is InChI=1S/C42H60F2N4O9S/c1-41(2,3)38(39-46-35(33-27-32(43)13-14-34(33)44)29-47(39)28-31-11-8-7-9-12-31)48(17-10-16-45-40(52)57-42(4,5)6)36(49)30-58-26-25-56-24-23-55-22-21-54-20-19-53-18-15-37(50)51/h7-9,11-14,27,29,38H,10,15-26,28,30H2,1-6H3,(H,45,52)(H,50,51)/t38-/m0/s1. The van der Waals surface area contributed by atoms with Crippen LogP contribution in [0.25, 0.3) is 11.3 Å². The van der Waals surface area contributed by atoms with Crippen LogP contribution in [0.1, 0.15) is 71.8 Å². The number of nitrogens with zero attached hydrogens (tertiary/aromatic N) is 3. The summed E-state index contributed by atoms with van der Waals surface area (Å²) in [6.45, 7) is 15.0. The lowest BCUT2D eigenvalue weighted by Gasteiger charge is -2.40. The number of thioether (sulfide) groups is 1. The van der Waals surface area contributed by atoms with E-state index in [0.717, 1.165) is 23.8 Å². The fourth-order valence-corrected chi connectivity index (χ4v) is 6.53. The van der Waals surface area contributed by atoms with Crippen LogP contribution >= 0.6 is 11.8 Å². The van der Waals surface area contributed by atoms with Gasteiger partial charge in [-0.2, -0.15) is 0 Å². The minimum Gasteiger partial charge on any atom is -0.481 e. The summed E-state index contributed by atoms with van der Waals surface area (Å²) in [6.07, 6.45) is 1.53. The van der Waals surface area contributed by atoms with Crippen molar-refractivity contribution in [3.63, 3.8) is 0 Å². The molecule has 0 bridgehead atoms. The molecular weight excluding hydrogens is 775 g/mol. The first-order valence-corrected chi connectivity index (χ1v) is 20.6. The van der Waals surface area contributed by atoms with Crippen molar-refractivity contribution in [3.8, 4) is 11.3 Å². The number of hydrogen-bond acceptors (Lipinski definition) is 10. The molecule has 0 spiro atoms. The molecule has 2 N–H and O–H groups in total. The molecule has 2 aromatic carbocycles. The summed E-state index contributed by atoms with van der Waals surface area (Å²) >= 11 is 1.43. The van der Waals surface area contributed by atoms with Crippen molar-refractivity contribution >= 4 is 29.7 Å². The van der Waals surface area contributed by atoms with Crippen molar-refractivity contribution in [3.05, 3.63) is 77.8 Å². The summed E-state index contributed by atoms with van der Waals surface area (Å²) in [6, 6.07) is 12.4. The van der Waals surface area contributed by atoms with Gasteiger partial charge in [0.2, 0.25) is 5.91 Å². The topological polar surface area (TPSA) is 151 Å². The minimum absolute atomic E-state index is 0.0197. The Morgan fingerprint density at radius 2 is 1.50 bits per heavy atom. The second kappa shape index (κ2) is 24.7. The van der Waals surface area contributed by atoms with Crippen LogP contribution in [0.3, 0.4) is 0 Å². The average molecular weight is 835 g/mol. The van der Waals surface area contributed by atoms with Crippen LogP contribution in [0.2, 0.25) is 0 Å². The Bertz CT molecular complexity index is 1700. The number of amides is 2. The number of carbonyl (C=O) groups excluding carboxylic acids is 2. The van der Waals surface area contributed by atoms with E-state index >= 15 is 4.39 Å². The monoisotopic (exact) mass is 834 g/mol. The van der Waals surface area contributed by atoms with E-state index in [2.05, 4.69) is 5.32 Å². The van der Waals surface area contributed by atoms with Gasteiger partial charge >= 0.3 is 12.1 Å². The van der Waals surface area contributed by atoms with E-state index in [1.54, 1.807) is 31.9 Å². The molecule has 0 saturated carbocycles. The van der Waals surface area contributed by atoms with Crippen LogP contribution in [-0.2, 0) is 39.8 Å². The van der Waals surface area contributed by atoms with Crippen molar-refractivity contribution in [1.82, 2.24) is 19.8 Å². The van der Waals surface area contributed by atoms with Gasteiger partial charge in [0, 0.05) is 37.1 Å². The molecule has 3 aromatic rings. The second-order valence-electron chi connectivity index (χ2n) is 15.5. The highest BCUT2D eigenvalue weighted by Gasteiger charge is 2.38. The van der Waals surface area contributed by atoms with Gasteiger partial charge in [-0.3, -0.25) is 9.59 Å². The molecule has 0 fully saturated rings. The van der Waals surface area contributed by atoms with Crippen molar-refractivity contribution in [2.24, 2.45) is 5.41 Å². The van der Waals surface area contributed by atoms with Gasteiger partial charge in [-0.05, 0) is 56.4 Å². The van der Waals surface area contributed by atoms with Gasteiger partial charge in [-0.1, -0.05) is 51.1 Å². The van der Waals surface area contributed by atoms with E-state index in [-0.39, 0.29) is 49.0 Å². The number of nitrogens with one attached hydrogen (secondary N) is 1. The van der Waals surface area contributed by atoms with E-state index in [4.69, 9.17) is 33.8 Å². The number of carboxylic acids is 1. The van der Waals surface area contributed by atoms with Crippen LogP contribution in [0.5, 0.6) is 0 Å². The molecule has 0 saturated heterocycles. The molecule has 0 unspecified atom stereocenters. The van der Waals surface area contributed by atoms with Gasteiger partial charge in [0.15, 0.2) is 0 Å². The minimum atomic E-state index is -0.905. The molecule has 3 rings (SSSR count). The number of rotatable bonds is 26. The molecule has 0 aliphatic carbocycles. The molecule has 322 valence electrons. The molecular formula is C42H60F2N4O9S. The maximum absolute atomic E-state index is 15.1. The first-order chi connectivity index (χ1) is 27.5. The predicted octanol–water partition coefficient (Wildman–Crippen LogP) is 6.98. The fourth-order valence-electron chi connectivity index (χ4n) is 5.81. The molecule has 1 heterocycles. The molecule has 16 heteroatoms. The van der Waals surface area contributed by atoms with Gasteiger partial charge in [0.25, 0.3) is 0 Å². The smallest absolute Gasteiger partial charge is 0.407 e. The number of benzene rings is 2. The van der Waals surface area contributed by atoms with Crippen molar-refractivity contribution in [2.75, 3.05) is 77.5 Å². The van der Waals surface area contributed by atoms with E-state index in [1.165, 1.54) is 11.8 Å². The molecule has 1 aromatic heterocycles. The number of carboxylic acid groups (broad SMARTS) is 1. The number of aliphatic carboxylic acids is 1. The zero-order chi connectivity index (χ0) is 42.6. The van der Waals surface area contributed by atoms with Crippen molar-refractivity contribution in [1.29, 1.82) is 0 Å². The lowest BCUT2D eigenvalue weighted by atomic mass is 9.84. The van der Waals surface area contributed by atoms with Crippen LogP contribution in [0.15, 0.2) is 54.7 Å². The highest BCUT2D eigenvalue weighted by atomic mass is 32.2. The molecule has 0 radical (unpaired) electrons. The van der Waals surface area contributed by atoms with Crippen molar-refractivity contribution in [2.45, 2.75) is 72.6 Å². The number of hydrogen-bond donors (Lipinski definition) is 2. The fraction of sp³-hybridized carbons (Fsp3) is 0.571. The molecule has 58 heavy (non-hydrogen) atoms. The molecule has 0 aliphatic heterocycles. The number of alkyl carbamates (subject to hydrolysis) is 1. The Morgan fingerprint density at radius 3 is 2.10 bits per heavy atom. The third-order valence-corrected chi connectivity index (χ3v) is 9.23. The average Bonchev–Trinajstić information content (AvgIpc) is 3.54. The van der Waals surface area contributed by atoms with Gasteiger partial charge < -0.3 is 43.6 Å². The van der Waals surface area contributed by atoms with Crippen LogP contribution in [0.4, 0.5) is 13.6 Å². The SMILES string of the molecule is CC(C)(C)OC(=O)NCCCN(C(=O)CSCCOCCOCCOCCOCCC(=O)O)[C@@H](c1nc(-c2cc(F)ccc2F)cn1Cc1ccccc1)C(C)(C)C. The summed E-state index contributed by atoms with van der Waals surface area (Å²) in [4.78, 5) is 43.9. The molecule has 1 atom stereocenters. The van der Waals surface area contributed by atoms with Gasteiger partial charge in [-0.15, -0.1) is 11.8 Å². The lowest BCUT2D eigenvalue weighted by Crippen LogP contribution is -2.44. The first-order valence-electron chi connectivity index (χ1n) is 19.5. The summed E-state index contributed by atoms with van der Waals surface area (Å²) in [5.41, 5.74) is 0.000714. The normalized spacial score (nSPS) is 12.3. The summed E-state index contributed by atoms with van der Waals surface area (Å²) in [7, 11) is 0. The number of aromatic nitrogens is 2. The summed E-state index contributed by atoms with van der Waals surface area (Å²) in [5, 5.41) is 11.4. The number of halogens is 2. The largest absolute Gasteiger partial charge is 0.481 e. The summed E-state index contributed by atoms with van der Waals surface area (Å²) < 4.78 is 58.6. The van der Waals surface area contributed by atoms with Crippen LogP contribution in [0, 0.1) is 17.0 Å². The Labute approximate surface area is 345 Å². The second-order valence-corrected chi connectivity index (χ2v) is 16.6. The quantitative estimate of drug-likeness (QED) is 0.0807. The highest BCUT2D eigenvalue weighted by molar-refractivity contribution is 7.99. The van der Waals surface area contributed by atoms with E-state index in [0.29, 0.717) is 70.8 Å². The maximum Gasteiger partial charge on any atom is 0.407 e.